The largest absolute Gasteiger partial charge is 0.0616 e. The van der Waals surface area contributed by atoms with Gasteiger partial charge in [-0.05, 0) is 129 Å². The maximum atomic E-state index is 2.42. The first-order valence-corrected chi connectivity index (χ1v) is 20.6. The van der Waals surface area contributed by atoms with E-state index in [0.29, 0.717) is 0 Å². The molecule has 0 aromatic heterocycles. The van der Waals surface area contributed by atoms with Gasteiger partial charge in [0.05, 0.1) is 0 Å². The predicted molar refractivity (Wildman–Crippen MR) is 252 cm³/mol. The van der Waals surface area contributed by atoms with Crippen molar-refractivity contribution in [2.24, 2.45) is 0 Å². The van der Waals surface area contributed by atoms with E-state index in [1.807, 2.05) is 0 Å². The third kappa shape index (κ3) is 6.17. The van der Waals surface area contributed by atoms with E-state index in [1.165, 1.54) is 111 Å². The lowest BCUT2D eigenvalue weighted by molar-refractivity contribution is 0.661. The van der Waals surface area contributed by atoms with Gasteiger partial charge >= 0.3 is 0 Å². The summed E-state index contributed by atoms with van der Waals surface area (Å²) in [4.78, 5) is 0. The van der Waals surface area contributed by atoms with Crippen LogP contribution in [0.5, 0.6) is 0 Å². The molecule has 0 N–H and O–H groups in total. The molecule has 0 spiro atoms. The third-order valence-electron chi connectivity index (χ3n) is 12.7. The Balaban J connectivity index is 0.810. The Kier molecular flexibility index (Phi) is 8.27. The van der Waals surface area contributed by atoms with Crippen LogP contribution in [0.25, 0.3) is 99.4 Å². The number of hydrogen-bond donors (Lipinski definition) is 0. The van der Waals surface area contributed by atoms with Crippen LogP contribution in [0.4, 0.5) is 0 Å². The molecule has 10 aromatic carbocycles. The van der Waals surface area contributed by atoms with Gasteiger partial charge in [-0.2, -0.15) is 0 Å². The average Bonchev–Trinajstić information content (AvgIpc) is 3.53. The van der Waals surface area contributed by atoms with Crippen molar-refractivity contribution >= 4 is 21.5 Å². The summed E-state index contributed by atoms with van der Waals surface area (Å²) in [6, 6.07) is 80.5. The lowest BCUT2D eigenvalue weighted by Gasteiger charge is -2.22. The lowest BCUT2D eigenvalue weighted by Crippen LogP contribution is -2.15. The second kappa shape index (κ2) is 14.0. The molecule has 0 saturated heterocycles. The zero-order valence-electron chi connectivity index (χ0n) is 33.3. The molecule has 0 nitrogen and oxygen atoms in total. The molecule has 10 aromatic rings. The minimum Gasteiger partial charge on any atom is -0.0616 e. The highest BCUT2D eigenvalue weighted by molar-refractivity contribution is 5.97. The molecule has 11 rings (SSSR count). The molecule has 59 heavy (non-hydrogen) atoms. The Morgan fingerprint density at radius 1 is 0.237 bits per heavy atom. The molecule has 0 unspecified atom stereocenters. The summed E-state index contributed by atoms with van der Waals surface area (Å²) in [5.74, 6) is 0. The number of benzene rings is 10. The molecule has 0 radical (unpaired) electrons. The average molecular weight is 751 g/mol. The smallest absolute Gasteiger partial charge is 0.0159 e. The van der Waals surface area contributed by atoms with E-state index in [2.05, 4.69) is 232 Å². The molecule has 0 heterocycles. The fourth-order valence-electron chi connectivity index (χ4n) is 9.35. The van der Waals surface area contributed by atoms with E-state index in [1.54, 1.807) is 0 Å². The highest BCUT2D eigenvalue weighted by atomic mass is 14.4. The molecule has 0 bridgehead atoms. The van der Waals surface area contributed by atoms with Gasteiger partial charge in [-0.15, -0.1) is 0 Å². The van der Waals surface area contributed by atoms with E-state index in [-0.39, 0.29) is 5.41 Å². The standard InChI is InChI=1S/C59H42/c1-59(2)57-37-51(45-22-16-41(17-23-45)40-14-20-44(21-15-40)50-31-28-39-8-3-4-10-49(39)36-50)32-34-55(57)56-35-33-52(38-58(56)59)46-24-18-42(19-25-46)43-26-29-48(30-27-43)54-13-7-11-47-9-5-6-12-53(47)54/h3-38H,1-2H3. The first-order chi connectivity index (χ1) is 29.0. The molecule has 0 fully saturated rings. The molecule has 0 aliphatic heterocycles. The summed E-state index contributed by atoms with van der Waals surface area (Å²) in [5.41, 5.74) is 20.2. The van der Waals surface area contributed by atoms with Crippen molar-refractivity contribution in [3.8, 4) is 77.9 Å². The number of hydrogen-bond acceptors (Lipinski definition) is 0. The van der Waals surface area contributed by atoms with Gasteiger partial charge in [0.2, 0.25) is 0 Å². The molecular formula is C59H42. The lowest BCUT2D eigenvalue weighted by atomic mass is 9.80. The summed E-state index contributed by atoms with van der Waals surface area (Å²) < 4.78 is 0. The van der Waals surface area contributed by atoms with Gasteiger partial charge in [0.25, 0.3) is 0 Å². The Morgan fingerprint density at radius 2 is 0.593 bits per heavy atom. The fourth-order valence-corrected chi connectivity index (χ4v) is 9.35. The normalized spacial score (nSPS) is 12.7. The quantitative estimate of drug-likeness (QED) is 0.159. The Bertz CT molecular complexity index is 3180. The summed E-state index contributed by atoms with van der Waals surface area (Å²) in [6.45, 7) is 4.75. The van der Waals surface area contributed by atoms with Crippen LogP contribution in [0.1, 0.15) is 25.0 Å². The van der Waals surface area contributed by atoms with Crippen molar-refractivity contribution < 1.29 is 0 Å². The minimum atomic E-state index is -0.116. The summed E-state index contributed by atoms with van der Waals surface area (Å²) >= 11 is 0. The summed E-state index contributed by atoms with van der Waals surface area (Å²) in [6.07, 6.45) is 0. The number of rotatable bonds is 6. The molecule has 0 saturated carbocycles. The zero-order chi connectivity index (χ0) is 39.5. The van der Waals surface area contributed by atoms with Crippen LogP contribution >= 0.6 is 0 Å². The maximum Gasteiger partial charge on any atom is 0.0159 e. The van der Waals surface area contributed by atoms with Crippen LogP contribution in [0.3, 0.4) is 0 Å². The Morgan fingerprint density at radius 3 is 1.10 bits per heavy atom. The Labute approximate surface area is 346 Å². The molecule has 0 atom stereocenters. The van der Waals surface area contributed by atoms with E-state index in [9.17, 15) is 0 Å². The molecule has 0 amide bonds. The second-order valence-electron chi connectivity index (χ2n) is 16.5. The van der Waals surface area contributed by atoms with Crippen molar-refractivity contribution in [3.05, 3.63) is 230 Å². The van der Waals surface area contributed by atoms with Crippen LogP contribution in [0.15, 0.2) is 218 Å². The fraction of sp³-hybridized carbons (Fsp3) is 0.0508. The van der Waals surface area contributed by atoms with Gasteiger partial charge in [0.1, 0.15) is 0 Å². The highest BCUT2D eigenvalue weighted by Gasteiger charge is 2.36. The molecule has 1 aliphatic rings. The molecular weight excluding hydrogens is 709 g/mol. The van der Waals surface area contributed by atoms with Gasteiger partial charge in [0.15, 0.2) is 0 Å². The van der Waals surface area contributed by atoms with Crippen LogP contribution in [-0.4, -0.2) is 0 Å². The second-order valence-corrected chi connectivity index (χ2v) is 16.5. The van der Waals surface area contributed by atoms with Gasteiger partial charge in [0, 0.05) is 5.41 Å². The first kappa shape index (κ1) is 34.9. The van der Waals surface area contributed by atoms with Crippen molar-refractivity contribution in [2.45, 2.75) is 19.3 Å². The summed E-state index contributed by atoms with van der Waals surface area (Å²) in [5, 5.41) is 5.10. The minimum absolute atomic E-state index is 0.116. The van der Waals surface area contributed by atoms with Gasteiger partial charge < -0.3 is 0 Å². The maximum absolute atomic E-state index is 2.42. The van der Waals surface area contributed by atoms with Crippen molar-refractivity contribution in [2.75, 3.05) is 0 Å². The highest BCUT2D eigenvalue weighted by Crippen LogP contribution is 2.51. The Hall–Kier alpha value is -7.28. The number of fused-ring (bicyclic) bond motifs is 5. The molecule has 0 heteroatoms. The van der Waals surface area contributed by atoms with E-state index < -0.39 is 0 Å². The van der Waals surface area contributed by atoms with E-state index in [4.69, 9.17) is 0 Å². The van der Waals surface area contributed by atoms with E-state index >= 15 is 0 Å². The topological polar surface area (TPSA) is 0 Å². The van der Waals surface area contributed by atoms with Crippen LogP contribution in [0.2, 0.25) is 0 Å². The third-order valence-corrected chi connectivity index (χ3v) is 12.7. The van der Waals surface area contributed by atoms with Crippen LogP contribution in [0, 0.1) is 0 Å². The van der Waals surface area contributed by atoms with Gasteiger partial charge in [-0.25, -0.2) is 0 Å². The van der Waals surface area contributed by atoms with E-state index in [0.717, 1.165) is 0 Å². The molecule has 278 valence electrons. The SMILES string of the molecule is CC1(C)c2cc(-c3ccc(-c4ccc(-c5ccc6ccccc6c5)cc4)cc3)ccc2-c2ccc(-c3ccc(-c4ccc(-c5cccc6ccccc56)cc4)cc3)cc21. The van der Waals surface area contributed by atoms with Crippen LogP contribution in [-0.2, 0) is 5.41 Å². The summed E-state index contributed by atoms with van der Waals surface area (Å²) in [7, 11) is 0. The van der Waals surface area contributed by atoms with Crippen molar-refractivity contribution in [1.82, 2.24) is 0 Å². The zero-order valence-corrected chi connectivity index (χ0v) is 33.3. The monoisotopic (exact) mass is 750 g/mol. The van der Waals surface area contributed by atoms with Gasteiger partial charge in [-0.3, -0.25) is 0 Å². The van der Waals surface area contributed by atoms with Crippen molar-refractivity contribution in [3.63, 3.8) is 0 Å². The van der Waals surface area contributed by atoms with Crippen LogP contribution < -0.4 is 0 Å². The van der Waals surface area contributed by atoms with Gasteiger partial charge in [-0.1, -0.05) is 214 Å². The van der Waals surface area contributed by atoms with Crippen molar-refractivity contribution in [1.29, 1.82) is 0 Å². The molecule has 1 aliphatic carbocycles. The predicted octanol–water partition coefficient (Wildman–Crippen LogP) is 16.3. The first-order valence-electron chi connectivity index (χ1n) is 20.6.